The summed E-state index contributed by atoms with van der Waals surface area (Å²) in [6, 6.07) is 5.81. The van der Waals surface area contributed by atoms with Gasteiger partial charge in [-0.3, -0.25) is 19.4 Å². The lowest BCUT2D eigenvalue weighted by Crippen LogP contribution is -2.19. The second-order valence-electron chi connectivity index (χ2n) is 6.40. The molecule has 0 radical (unpaired) electrons. The van der Waals surface area contributed by atoms with E-state index in [9.17, 15) is 9.59 Å². The number of carbonyl (C=O) groups excluding carboxylic acids is 1. The fourth-order valence-electron chi connectivity index (χ4n) is 3.51. The molecule has 0 saturated heterocycles. The molecule has 0 fully saturated rings. The molecule has 1 amide bonds. The summed E-state index contributed by atoms with van der Waals surface area (Å²) in [6.45, 7) is 4.34. The van der Waals surface area contributed by atoms with E-state index in [0.717, 1.165) is 18.4 Å². The van der Waals surface area contributed by atoms with E-state index >= 15 is 0 Å². The minimum atomic E-state index is -0.252. The van der Waals surface area contributed by atoms with Crippen molar-refractivity contribution in [3.8, 4) is 11.5 Å². The van der Waals surface area contributed by atoms with Crippen molar-refractivity contribution in [2.24, 2.45) is 0 Å². The van der Waals surface area contributed by atoms with E-state index in [-0.39, 0.29) is 35.3 Å². The molecule has 1 aromatic heterocycles. The van der Waals surface area contributed by atoms with E-state index in [4.69, 9.17) is 9.47 Å². The van der Waals surface area contributed by atoms with Gasteiger partial charge in [0.05, 0.1) is 22.6 Å². The Hall–Kier alpha value is -2.35. The van der Waals surface area contributed by atoms with Crippen LogP contribution in [0.2, 0.25) is 0 Å². The van der Waals surface area contributed by atoms with E-state index in [1.54, 1.807) is 0 Å². The topological polar surface area (TPSA) is 85.4 Å². The SMILES string of the molecule is CCC(CC)n1[nH]c(=O)c2c1NC(=O)CSC2c1ccc2c(c1)OCO2. The summed E-state index contributed by atoms with van der Waals surface area (Å²) in [5.74, 6) is 2.14. The molecule has 4 rings (SSSR count). The van der Waals surface area contributed by atoms with Gasteiger partial charge in [0.25, 0.3) is 5.56 Å². The van der Waals surface area contributed by atoms with Crippen LogP contribution in [-0.4, -0.2) is 28.2 Å². The molecule has 1 aromatic carbocycles. The largest absolute Gasteiger partial charge is 0.454 e. The number of H-pyrrole nitrogens is 1. The van der Waals surface area contributed by atoms with Gasteiger partial charge in [0, 0.05) is 0 Å². The molecule has 2 N–H and O–H groups in total. The molecule has 138 valence electrons. The second kappa shape index (κ2) is 6.75. The normalized spacial score (nSPS) is 18.6. The average Bonchev–Trinajstić information content (AvgIpc) is 3.17. The van der Waals surface area contributed by atoms with Gasteiger partial charge in [-0.05, 0) is 30.5 Å². The molecule has 8 heteroatoms. The molecule has 1 unspecified atom stereocenters. The van der Waals surface area contributed by atoms with Gasteiger partial charge in [-0.15, -0.1) is 11.8 Å². The summed E-state index contributed by atoms with van der Waals surface area (Å²) in [4.78, 5) is 25.1. The number of benzene rings is 1. The van der Waals surface area contributed by atoms with Crippen molar-refractivity contribution in [2.75, 3.05) is 17.9 Å². The van der Waals surface area contributed by atoms with Crippen LogP contribution in [0, 0.1) is 0 Å². The Balaban J connectivity index is 1.84. The number of ether oxygens (including phenoxy) is 2. The van der Waals surface area contributed by atoms with Crippen molar-refractivity contribution in [3.63, 3.8) is 0 Å². The Kier molecular flexibility index (Phi) is 4.44. The lowest BCUT2D eigenvalue weighted by Gasteiger charge is -2.18. The number of hydrogen-bond donors (Lipinski definition) is 2. The first kappa shape index (κ1) is 17.1. The summed E-state index contributed by atoms with van der Waals surface area (Å²) in [5, 5.41) is 5.61. The average molecular weight is 375 g/mol. The van der Waals surface area contributed by atoms with Gasteiger partial charge in [-0.1, -0.05) is 19.9 Å². The molecule has 26 heavy (non-hydrogen) atoms. The van der Waals surface area contributed by atoms with Crippen molar-refractivity contribution in [1.29, 1.82) is 0 Å². The minimum Gasteiger partial charge on any atom is -0.454 e. The third-order valence-corrected chi connectivity index (χ3v) is 6.14. The highest BCUT2D eigenvalue weighted by atomic mass is 32.2. The number of thioether (sulfide) groups is 1. The Morgan fingerprint density at radius 1 is 1.23 bits per heavy atom. The lowest BCUT2D eigenvalue weighted by atomic mass is 10.1. The van der Waals surface area contributed by atoms with E-state index in [0.29, 0.717) is 22.9 Å². The van der Waals surface area contributed by atoms with Gasteiger partial charge in [0.2, 0.25) is 12.7 Å². The molecule has 0 spiro atoms. The van der Waals surface area contributed by atoms with Crippen LogP contribution in [0.3, 0.4) is 0 Å². The highest BCUT2D eigenvalue weighted by molar-refractivity contribution is 8.00. The molecule has 2 aromatic rings. The number of aromatic nitrogens is 2. The van der Waals surface area contributed by atoms with Crippen molar-refractivity contribution in [3.05, 3.63) is 39.7 Å². The number of fused-ring (bicyclic) bond motifs is 2. The van der Waals surface area contributed by atoms with E-state index in [1.807, 2.05) is 22.9 Å². The highest BCUT2D eigenvalue weighted by Crippen LogP contribution is 2.43. The van der Waals surface area contributed by atoms with Crippen LogP contribution >= 0.6 is 11.8 Å². The first-order valence-electron chi connectivity index (χ1n) is 8.77. The maximum absolute atomic E-state index is 12.8. The summed E-state index contributed by atoms with van der Waals surface area (Å²) in [5.41, 5.74) is 1.35. The van der Waals surface area contributed by atoms with Crippen molar-refractivity contribution >= 4 is 23.5 Å². The zero-order valence-electron chi connectivity index (χ0n) is 14.7. The number of nitrogens with one attached hydrogen (secondary N) is 2. The number of anilines is 1. The van der Waals surface area contributed by atoms with Crippen molar-refractivity contribution in [2.45, 2.75) is 38.0 Å². The molecule has 1 atom stereocenters. The monoisotopic (exact) mass is 375 g/mol. The minimum absolute atomic E-state index is 0.0989. The third kappa shape index (κ3) is 2.78. The number of rotatable bonds is 4. The van der Waals surface area contributed by atoms with Gasteiger partial charge in [-0.25, -0.2) is 0 Å². The number of nitrogens with zero attached hydrogens (tertiary/aromatic N) is 1. The molecule has 3 heterocycles. The molecular formula is C18H21N3O4S. The van der Waals surface area contributed by atoms with Gasteiger partial charge in [0.1, 0.15) is 5.82 Å². The van der Waals surface area contributed by atoms with Crippen LogP contribution in [0.1, 0.15) is 49.1 Å². The van der Waals surface area contributed by atoms with Crippen molar-refractivity contribution in [1.82, 2.24) is 9.78 Å². The lowest BCUT2D eigenvalue weighted by molar-refractivity contribution is -0.113. The highest BCUT2D eigenvalue weighted by Gasteiger charge is 2.32. The van der Waals surface area contributed by atoms with E-state index in [1.165, 1.54) is 11.8 Å². The maximum atomic E-state index is 12.8. The molecule has 0 bridgehead atoms. The zero-order valence-corrected chi connectivity index (χ0v) is 15.5. The molecule has 2 aliphatic heterocycles. The second-order valence-corrected chi connectivity index (χ2v) is 7.49. The Bertz CT molecular complexity index is 900. The van der Waals surface area contributed by atoms with Gasteiger partial charge in [0.15, 0.2) is 11.5 Å². The van der Waals surface area contributed by atoms with Crippen LogP contribution in [0.25, 0.3) is 0 Å². The van der Waals surface area contributed by atoms with Crippen LogP contribution in [-0.2, 0) is 4.79 Å². The van der Waals surface area contributed by atoms with E-state index < -0.39 is 0 Å². The van der Waals surface area contributed by atoms with Crippen LogP contribution < -0.4 is 20.3 Å². The van der Waals surface area contributed by atoms with Gasteiger partial charge >= 0.3 is 0 Å². The first-order valence-corrected chi connectivity index (χ1v) is 9.82. The zero-order chi connectivity index (χ0) is 18.3. The van der Waals surface area contributed by atoms with Crippen LogP contribution in [0.5, 0.6) is 11.5 Å². The van der Waals surface area contributed by atoms with Gasteiger partial charge in [-0.2, -0.15) is 0 Å². The Labute approximate surface area is 155 Å². The number of amides is 1. The molecule has 7 nitrogen and oxygen atoms in total. The summed E-state index contributed by atoms with van der Waals surface area (Å²) >= 11 is 1.45. The third-order valence-electron chi connectivity index (χ3n) is 4.87. The predicted octanol–water partition coefficient (Wildman–Crippen LogP) is 3.04. The fourth-order valence-corrected chi connectivity index (χ4v) is 4.63. The molecule has 0 aliphatic carbocycles. The smallest absolute Gasteiger partial charge is 0.270 e. The summed E-state index contributed by atoms with van der Waals surface area (Å²) in [6.07, 6.45) is 1.73. The molecule has 0 saturated carbocycles. The van der Waals surface area contributed by atoms with Crippen LogP contribution in [0.15, 0.2) is 23.0 Å². The quantitative estimate of drug-likeness (QED) is 0.858. The predicted molar refractivity (Wildman–Crippen MR) is 100 cm³/mol. The van der Waals surface area contributed by atoms with Gasteiger partial charge < -0.3 is 14.8 Å². The molecule has 2 aliphatic rings. The summed E-state index contributed by atoms with van der Waals surface area (Å²) in [7, 11) is 0. The molecular weight excluding hydrogens is 354 g/mol. The fraction of sp³-hybridized carbons (Fsp3) is 0.444. The summed E-state index contributed by atoms with van der Waals surface area (Å²) < 4.78 is 12.7. The van der Waals surface area contributed by atoms with Crippen molar-refractivity contribution < 1.29 is 14.3 Å². The number of hydrogen-bond acceptors (Lipinski definition) is 5. The Morgan fingerprint density at radius 2 is 2.00 bits per heavy atom. The number of carbonyl (C=O) groups is 1. The first-order chi connectivity index (χ1) is 12.6. The maximum Gasteiger partial charge on any atom is 0.270 e. The van der Waals surface area contributed by atoms with E-state index in [2.05, 4.69) is 24.3 Å². The Morgan fingerprint density at radius 3 is 2.77 bits per heavy atom. The standard InChI is InChI=1S/C18H21N3O4S/c1-3-11(4-2)21-17-15(18(23)20-21)16(26-8-14(22)19-17)10-5-6-12-13(7-10)25-9-24-12/h5-7,11,16H,3-4,8-9H2,1-2H3,(H,19,22)(H,20,23). The number of aromatic amines is 1. The van der Waals surface area contributed by atoms with Crippen LogP contribution in [0.4, 0.5) is 5.82 Å².